The largest absolute Gasteiger partial charge is 0.495 e. The molecule has 1 aromatic heterocycles. The third-order valence-electron chi connectivity index (χ3n) is 2.16. The van der Waals surface area contributed by atoms with Crippen molar-refractivity contribution >= 4 is 29.1 Å². The van der Waals surface area contributed by atoms with Crippen molar-refractivity contribution in [3.63, 3.8) is 0 Å². The molecule has 0 aliphatic heterocycles. The molecule has 18 heavy (non-hydrogen) atoms. The van der Waals surface area contributed by atoms with E-state index < -0.39 is 0 Å². The van der Waals surface area contributed by atoms with Gasteiger partial charge >= 0.3 is 0 Å². The van der Waals surface area contributed by atoms with Gasteiger partial charge < -0.3 is 21.9 Å². The van der Waals surface area contributed by atoms with Gasteiger partial charge in [-0.05, 0) is 30.0 Å². The number of anilines is 3. The Kier molecular flexibility index (Phi) is 3.42. The number of ether oxygens (including phenoxy) is 1. The Hall–Kier alpha value is -2.15. The van der Waals surface area contributed by atoms with Gasteiger partial charge in [0.05, 0.1) is 12.8 Å². The van der Waals surface area contributed by atoms with Crippen molar-refractivity contribution in [2.75, 3.05) is 24.3 Å². The zero-order valence-corrected chi connectivity index (χ0v) is 10.6. The second-order valence-electron chi connectivity index (χ2n) is 3.51. The summed E-state index contributed by atoms with van der Waals surface area (Å²) < 4.78 is 5.14. The number of hydrogen-bond donors (Lipinski definition) is 3. The molecule has 2 rings (SSSR count). The van der Waals surface area contributed by atoms with Crippen molar-refractivity contribution in [2.45, 2.75) is 10.1 Å². The van der Waals surface area contributed by atoms with E-state index in [1.54, 1.807) is 13.2 Å². The molecule has 0 bridgehead atoms. The van der Waals surface area contributed by atoms with Gasteiger partial charge in [0.15, 0.2) is 5.16 Å². The van der Waals surface area contributed by atoms with Crippen LogP contribution in [0.15, 0.2) is 34.3 Å². The normalized spacial score (nSPS) is 10.3. The van der Waals surface area contributed by atoms with Gasteiger partial charge in [0.2, 0.25) is 0 Å². The Morgan fingerprint density at radius 3 is 2.33 bits per heavy atom. The minimum atomic E-state index is 0.340. The molecule has 6 nitrogen and oxygen atoms in total. The van der Waals surface area contributed by atoms with Crippen LogP contribution in [0.4, 0.5) is 17.3 Å². The zero-order valence-electron chi connectivity index (χ0n) is 9.75. The van der Waals surface area contributed by atoms with Crippen LogP contribution in [0.2, 0.25) is 0 Å². The highest BCUT2D eigenvalue weighted by molar-refractivity contribution is 7.99. The van der Waals surface area contributed by atoms with E-state index in [1.165, 1.54) is 17.8 Å². The lowest BCUT2D eigenvalue weighted by molar-refractivity contribution is 0.416. The minimum Gasteiger partial charge on any atom is -0.495 e. The molecule has 0 aliphatic carbocycles. The molecular weight excluding hydrogens is 250 g/mol. The molecular formula is C11H13N5OS. The van der Waals surface area contributed by atoms with Crippen LogP contribution in [0.25, 0.3) is 0 Å². The van der Waals surface area contributed by atoms with E-state index in [2.05, 4.69) is 9.97 Å². The Morgan fingerprint density at radius 2 is 1.72 bits per heavy atom. The highest BCUT2D eigenvalue weighted by atomic mass is 32.2. The number of aromatic nitrogens is 2. The lowest BCUT2D eigenvalue weighted by atomic mass is 10.3. The SMILES string of the molecule is COc1cc(Sc2nc(N)cc(N)n2)ccc1N. The molecule has 1 aromatic carbocycles. The molecule has 7 heteroatoms. The standard InChI is InChI=1S/C11H13N5OS/c1-17-8-4-6(2-3-7(8)12)18-11-15-9(13)5-10(14)16-11/h2-5H,12H2,1H3,(H4,13,14,15,16). The molecule has 0 amide bonds. The lowest BCUT2D eigenvalue weighted by Gasteiger charge is -2.07. The van der Waals surface area contributed by atoms with Crippen LogP contribution in [0, 0.1) is 0 Å². The molecule has 0 fully saturated rings. The van der Waals surface area contributed by atoms with Crippen LogP contribution in [0.1, 0.15) is 0 Å². The van der Waals surface area contributed by atoms with Crippen LogP contribution in [-0.4, -0.2) is 17.1 Å². The number of benzene rings is 1. The van der Waals surface area contributed by atoms with Gasteiger partial charge in [-0.25, -0.2) is 9.97 Å². The predicted molar refractivity (Wildman–Crippen MR) is 72.4 cm³/mol. The highest BCUT2D eigenvalue weighted by Crippen LogP contribution is 2.31. The van der Waals surface area contributed by atoms with Crippen molar-refractivity contribution < 1.29 is 4.74 Å². The Bertz CT molecular complexity index is 555. The van der Waals surface area contributed by atoms with E-state index in [4.69, 9.17) is 21.9 Å². The van der Waals surface area contributed by atoms with Crippen LogP contribution in [-0.2, 0) is 0 Å². The molecule has 94 valence electrons. The average Bonchev–Trinajstić information content (AvgIpc) is 2.30. The number of nitrogen functional groups attached to an aromatic ring is 3. The van der Waals surface area contributed by atoms with E-state index in [1.807, 2.05) is 12.1 Å². The summed E-state index contributed by atoms with van der Waals surface area (Å²) in [4.78, 5) is 9.06. The van der Waals surface area contributed by atoms with E-state index in [9.17, 15) is 0 Å². The first-order chi connectivity index (χ1) is 8.58. The molecule has 1 heterocycles. The molecule has 0 spiro atoms. The molecule has 0 aliphatic rings. The minimum absolute atomic E-state index is 0.340. The van der Waals surface area contributed by atoms with Crippen molar-refractivity contribution in [1.29, 1.82) is 0 Å². The first-order valence-electron chi connectivity index (χ1n) is 5.10. The monoisotopic (exact) mass is 263 g/mol. The molecule has 2 aromatic rings. The number of methoxy groups -OCH3 is 1. The Morgan fingerprint density at radius 1 is 1.06 bits per heavy atom. The van der Waals surface area contributed by atoms with Crippen LogP contribution >= 0.6 is 11.8 Å². The highest BCUT2D eigenvalue weighted by Gasteiger charge is 2.06. The van der Waals surface area contributed by atoms with Crippen molar-refractivity contribution in [3.8, 4) is 5.75 Å². The van der Waals surface area contributed by atoms with Crippen LogP contribution in [0.5, 0.6) is 5.75 Å². The fraction of sp³-hybridized carbons (Fsp3) is 0.0909. The van der Waals surface area contributed by atoms with Gasteiger partial charge in [0.25, 0.3) is 0 Å². The molecule has 6 N–H and O–H groups in total. The van der Waals surface area contributed by atoms with Crippen LogP contribution in [0.3, 0.4) is 0 Å². The number of nitrogens with zero attached hydrogens (tertiary/aromatic N) is 2. The summed E-state index contributed by atoms with van der Waals surface area (Å²) in [5, 5.41) is 0.485. The van der Waals surface area contributed by atoms with Gasteiger partial charge in [-0.1, -0.05) is 0 Å². The summed E-state index contributed by atoms with van der Waals surface area (Å²) in [6.45, 7) is 0. The van der Waals surface area contributed by atoms with Gasteiger partial charge in [-0.2, -0.15) is 0 Å². The summed E-state index contributed by atoms with van der Waals surface area (Å²) in [7, 11) is 1.56. The molecule has 0 saturated heterocycles. The summed E-state index contributed by atoms with van der Waals surface area (Å²) in [6, 6.07) is 6.93. The lowest BCUT2D eigenvalue weighted by Crippen LogP contribution is -1.99. The maximum absolute atomic E-state index is 5.74. The molecule has 0 atom stereocenters. The van der Waals surface area contributed by atoms with Crippen molar-refractivity contribution in [2.24, 2.45) is 0 Å². The predicted octanol–water partition coefficient (Wildman–Crippen LogP) is 1.38. The maximum atomic E-state index is 5.74. The molecule has 0 unspecified atom stereocenters. The van der Waals surface area contributed by atoms with Gasteiger partial charge in [0.1, 0.15) is 17.4 Å². The Balaban J connectivity index is 2.28. The Labute approximate surface area is 109 Å². The maximum Gasteiger partial charge on any atom is 0.196 e. The molecule has 0 radical (unpaired) electrons. The van der Waals surface area contributed by atoms with E-state index in [-0.39, 0.29) is 0 Å². The fourth-order valence-electron chi connectivity index (χ4n) is 1.37. The first-order valence-corrected chi connectivity index (χ1v) is 5.91. The topological polar surface area (TPSA) is 113 Å². The first kappa shape index (κ1) is 12.3. The third kappa shape index (κ3) is 2.75. The summed E-state index contributed by atoms with van der Waals surface area (Å²) in [5.41, 5.74) is 17.5. The number of hydrogen-bond acceptors (Lipinski definition) is 7. The fourth-order valence-corrected chi connectivity index (χ4v) is 2.18. The average molecular weight is 263 g/mol. The number of rotatable bonds is 3. The van der Waals surface area contributed by atoms with Crippen LogP contribution < -0.4 is 21.9 Å². The number of nitrogens with two attached hydrogens (primary N) is 3. The zero-order chi connectivity index (χ0) is 13.1. The summed E-state index contributed by atoms with van der Waals surface area (Å²) in [6.07, 6.45) is 0. The van der Waals surface area contributed by atoms with Gasteiger partial charge in [-0.3, -0.25) is 0 Å². The van der Waals surface area contributed by atoms with Gasteiger partial charge in [0, 0.05) is 11.0 Å². The van der Waals surface area contributed by atoms with Gasteiger partial charge in [-0.15, -0.1) is 0 Å². The second-order valence-corrected chi connectivity index (χ2v) is 4.55. The van der Waals surface area contributed by atoms with E-state index in [0.29, 0.717) is 28.2 Å². The third-order valence-corrected chi connectivity index (χ3v) is 3.01. The smallest absolute Gasteiger partial charge is 0.196 e. The molecule has 0 saturated carbocycles. The van der Waals surface area contributed by atoms with E-state index in [0.717, 1.165) is 4.90 Å². The van der Waals surface area contributed by atoms with E-state index >= 15 is 0 Å². The summed E-state index contributed by atoms with van der Waals surface area (Å²) in [5.74, 6) is 1.29. The second kappa shape index (κ2) is 5.01. The summed E-state index contributed by atoms with van der Waals surface area (Å²) >= 11 is 1.34. The van der Waals surface area contributed by atoms with Crippen molar-refractivity contribution in [3.05, 3.63) is 24.3 Å². The quantitative estimate of drug-likeness (QED) is 0.566. The van der Waals surface area contributed by atoms with Crippen molar-refractivity contribution in [1.82, 2.24) is 9.97 Å².